The van der Waals surface area contributed by atoms with Crippen molar-refractivity contribution in [2.45, 2.75) is 39.5 Å². The fourth-order valence-electron chi connectivity index (χ4n) is 4.55. The van der Waals surface area contributed by atoms with Crippen molar-refractivity contribution in [1.82, 2.24) is 14.8 Å². The van der Waals surface area contributed by atoms with Gasteiger partial charge in [0.15, 0.2) is 0 Å². The highest BCUT2D eigenvalue weighted by atomic mass is 16.2. The number of rotatable bonds is 6. The van der Waals surface area contributed by atoms with Gasteiger partial charge in [0.25, 0.3) is 0 Å². The largest absolute Gasteiger partial charge is 0.339 e. The molecule has 166 valence electrons. The molecule has 4 rings (SSSR count). The van der Waals surface area contributed by atoms with Gasteiger partial charge in [-0.1, -0.05) is 48.5 Å². The second kappa shape index (κ2) is 9.94. The van der Waals surface area contributed by atoms with Crippen LogP contribution in [0.2, 0.25) is 0 Å². The zero-order chi connectivity index (χ0) is 22.5. The van der Waals surface area contributed by atoms with Crippen LogP contribution in [0, 0.1) is 13.8 Å². The van der Waals surface area contributed by atoms with E-state index in [0.29, 0.717) is 39.0 Å². The Hall–Kier alpha value is -3.21. The standard InChI is InChI=1S/C27H31N3O2/c1-20-23-12-6-7-13-25(23)28-21(2)24(20)19-27(32)30-17-15-29(16-18-30)26(31)14-8-11-22-9-4-3-5-10-22/h3-7,9-10,12-13H,8,11,14-19H2,1-2H3. The third kappa shape index (κ3) is 4.98. The minimum atomic E-state index is 0.115. The Morgan fingerprint density at radius 2 is 1.47 bits per heavy atom. The Kier molecular flexibility index (Phi) is 6.84. The van der Waals surface area contributed by atoms with E-state index in [4.69, 9.17) is 4.98 Å². The maximum absolute atomic E-state index is 13.0. The molecule has 0 N–H and O–H groups in total. The smallest absolute Gasteiger partial charge is 0.227 e. The molecular weight excluding hydrogens is 398 g/mol. The number of aryl methyl sites for hydroxylation is 3. The van der Waals surface area contributed by atoms with E-state index < -0.39 is 0 Å². The first kappa shape index (κ1) is 22.0. The van der Waals surface area contributed by atoms with Gasteiger partial charge in [0.2, 0.25) is 11.8 Å². The summed E-state index contributed by atoms with van der Waals surface area (Å²) in [4.78, 5) is 34.1. The average Bonchev–Trinajstić information content (AvgIpc) is 2.82. The molecule has 3 aromatic rings. The summed E-state index contributed by atoms with van der Waals surface area (Å²) in [5, 5.41) is 1.10. The van der Waals surface area contributed by atoms with Gasteiger partial charge in [-0.25, -0.2) is 0 Å². The summed E-state index contributed by atoms with van der Waals surface area (Å²) in [6.07, 6.45) is 2.70. The predicted molar refractivity (Wildman–Crippen MR) is 127 cm³/mol. The number of para-hydroxylation sites is 1. The average molecular weight is 430 g/mol. The Labute approximate surface area is 190 Å². The summed E-state index contributed by atoms with van der Waals surface area (Å²) in [6.45, 7) is 6.48. The third-order valence-electron chi connectivity index (χ3n) is 6.50. The maximum atomic E-state index is 13.0. The number of carbonyl (C=O) groups is 2. The van der Waals surface area contributed by atoms with Crippen molar-refractivity contribution in [1.29, 1.82) is 0 Å². The van der Waals surface area contributed by atoms with E-state index in [1.807, 2.05) is 53.1 Å². The van der Waals surface area contributed by atoms with Crippen molar-refractivity contribution in [3.63, 3.8) is 0 Å². The lowest BCUT2D eigenvalue weighted by Gasteiger charge is -2.35. The van der Waals surface area contributed by atoms with E-state index in [1.165, 1.54) is 5.56 Å². The number of carbonyl (C=O) groups excluding carboxylic acids is 2. The van der Waals surface area contributed by atoms with Crippen LogP contribution in [0.25, 0.3) is 10.9 Å². The van der Waals surface area contributed by atoms with Gasteiger partial charge >= 0.3 is 0 Å². The van der Waals surface area contributed by atoms with Crippen LogP contribution in [-0.2, 0) is 22.4 Å². The molecule has 0 radical (unpaired) electrons. The maximum Gasteiger partial charge on any atom is 0.227 e. The number of fused-ring (bicyclic) bond motifs is 1. The topological polar surface area (TPSA) is 53.5 Å². The van der Waals surface area contributed by atoms with Crippen LogP contribution in [0.4, 0.5) is 0 Å². The zero-order valence-corrected chi connectivity index (χ0v) is 19.0. The molecule has 32 heavy (non-hydrogen) atoms. The minimum Gasteiger partial charge on any atom is -0.339 e. The Morgan fingerprint density at radius 1 is 0.844 bits per heavy atom. The summed E-state index contributed by atoms with van der Waals surface area (Å²) >= 11 is 0. The summed E-state index contributed by atoms with van der Waals surface area (Å²) in [6, 6.07) is 18.3. The monoisotopic (exact) mass is 429 g/mol. The van der Waals surface area contributed by atoms with Crippen molar-refractivity contribution in [2.75, 3.05) is 26.2 Å². The molecule has 0 bridgehead atoms. The van der Waals surface area contributed by atoms with Crippen molar-refractivity contribution in [3.05, 3.63) is 77.0 Å². The molecule has 2 amide bonds. The van der Waals surface area contributed by atoms with Crippen LogP contribution >= 0.6 is 0 Å². The van der Waals surface area contributed by atoms with E-state index in [1.54, 1.807) is 0 Å². The molecule has 0 saturated carbocycles. The molecule has 1 aliphatic rings. The number of amides is 2. The molecule has 0 unspecified atom stereocenters. The van der Waals surface area contributed by atoms with Crippen molar-refractivity contribution in [2.24, 2.45) is 0 Å². The van der Waals surface area contributed by atoms with Crippen LogP contribution in [0.5, 0.6) is 0 Å². The summed E-state index contributed by atoms with van der Waals surface area (Å²) in [7, 11) is 0. The van der Waals surface area contributed by atoms with E-state index in [-0.39, 0.29) is 11.8 Å². The van der Waals surface area contributed by atoms with Gasteiger partial charge in [0.1, 0.15) is 0 Å². The molecular formula is C27H31N3O2. The quantitative estimate of drug-likeness (QED) is 0.593. The number of pyridine rings is 1. The first-order valence-electron chi connectivity index (χ1n) is 11.5. The summed E-state index contributed by atoms with van der Waals surface area (Å²) in [5.41, 5.74) is 5.31. The highest BCUT2D eigenvalue weighted by Crippen LogP contribution is 2.23. The fraction of sp³-hybridized carbons (Fsp3) is 0.370. The van der Waals surface area contributed by atoms with Crippen molar-refractivity contribution < 1.29 is 9.59 Å². The van der Waals surface area contributed by atoms with Gasteiger partial charge in [-0.3, -0.25) is 14.6 Å². The molecule has 2 heterocycles. The normalized spacial score (nSPS) is 14.1. The predicted octanol–water partition coefficient (Wildman–Crippen LogP) is 4.09. The minimum absolute atomic E-state index is 0.115. The van der Waals surface area contributed by atoms with Crippen LogP contribution in [-0.4, -0.2) is 52.8 Å². The first-order valence-corrected chi connectivity index (χ1v) is 11.5. The van der Waals surface area contributed by atoms with Crippen molar-refractivity contribution >= 4 is 22.7 Å². The Bertz CT molecular complexity index is 1100. The van der Waals surface area contributed by atoms with Crippen LogP contribution < -0.4 is 0 Å². The lowest BCUT2D eigenvalue weighted by molar-refractivity contribution is -0.139. The number of nitrogens with zero attached hydrogens (tertiary/aromatic N) is 3. The van der Waals surface area contributed by atoms with E-state index in [2.05, 4.69) is 25.1 Å². The number of hydrogen-bond donors (Lipinski definition) is 0. The zero-order valence-electron chi connectivity index (χ0n) is 19.0. The highest BCUT2D eigenvalue weighted by molar-refractivity contribution is 5.86. The Balaban J connectivity index is 1.29. The number of piperazine rings is 1. The SMILES string of the molecule is Cc1nc2ccccc2c(C)c1CC(=O)N1CCN(C(=O)CCCc2ccccc2)CC1. The van der Waals surface area contributed by atoms with E-state index in [9.17, 15) is 9.59 Å². The second-order valence-electron chi connectivity index (χ2n) is 8.60. The number of benzene rings is 2. The molecule has 1 aliphatic heterocycles. The molecule has 0 aliphatic carbocycles. The first-order chi connectivity index (χ1) is 15.5. The van der Waals surface area contributed by atoms with Gasteiger partial charge in [-0.2, -0.15) is 0 Å². The molecule has 5 heteroatoms. The van der Waals surface area contributed by atoms with E-state index >= 15 is 0 Å². The van der Waals surface area contributed by atoms with E-state index in [0.717, 1.165) is 40.6 Å². The molecule has 1 aromatic heterocycles. The molecule has 1 fully saturated rings. The highest BCUT2D eigenvalue weighted by Gasteiger charge is 2.25. The lowest BCUT2D eigenvalue weighted by atomic mass is 9.99. The van der Waals surface area contributed by atoms with Gasteiger partial charge in [-0.15, -0.1) is 0 Å². The van der Waals surface area contributed by atoms with Gasteiger partial charge in [0.05, 0.1) is 11.9 Å². The fourth-order valence-corrected chi connectivity index (χ4v) is 4.55. The van der Waals surface area contributed by atoms with Crippen LogP contribution in [0.1, 0.15) is 35.2 Å². The van der Waals surface area contributed by atoms with Gasteiger partial charge in [-0.05, 0) is 49.4 Å². The number of hydrogen-bond acceptors (Lipinski definition) is 3. The van der Waals surface area contributed by atoms with Crippen LogP contribution in [0.3, 0.4) is 0 Å². The van der Waals surface area contributed by atoms with Gasteiger partial charge in [0, 0.05) is 43.7 Å². The Morgan fingerprint density at radius 3 is 2.19 bits per heavy atom. The van der Waals surface area contributed by atoms with Crippen molar-refractivity contribution in [3.8, 4) is 0 Å². The summed E-state index contributed by atoms with van der Waals surface area (Å²) < 4.78 is 0. The summed E-state index contributed by atoms with van der Waals surface area (Å²) in [5.74, 6) is 0.308. The van der Waals surface area contributed by atoms with Crippen LogP contribution in [0.15, 0.2) is 54.6 Å². The second-order valence-corrected chi connectivity index (χ2v) is 8.60. The molecule has 5 nitrogen and oxygen atoms in total. The molecule has 1 saturated heterocycles. The lowest BCUT2D eigenvalue weighted by Crippen LogP contribution is -2.51. The molecule has 0 spiro atoms. The molecule has 2 aromatic carbocycles. The van der Waals surface area contributed by atoms with Gasteiger partial charge < -0.3 is 9.80 Å². The third-order valence-corrected chi connectivity index (χ3v) is 6.50. The molecule has 0 atom stereocenters. The number of aromatic nitrogens is 1.